The van der Waals surface area contributed by atoms with Crippen molar-refractivity contribution < 1.29 is 9.53 Å². The smallest absolute Gasteiger partial charge is 0.252 e. The average molecular weight is 478 g/mol. The highest BCUT2D eigenvalue weighted by molar-refractivity contribution is 7.99. The summed E-state index contributed by atoms with van der Waals surface area (Å²) >= 11 is 1.87. The Hall–Kier alpha value is -2.44. The molecule has 1 aromatic heterocycles. The number of hydrogen-bond donors (Lipinski definition) is 2. The van der Waals surface area contributed by atoms with Gasteiger partial charge in [0.1, 0.15) is 5.75 Å². The fourth-order valence-electron chi connectivity index (χ4n) is 5.65. The highest BCUT2D eigenvalue weighted by Crippen LogP contribution is 2.35. The van der Waals surface area contributed by atoms with E-state index in [0.29, 0.717) is 6.54 Å². The maximum absolute atomic E-state index is 13.1. The van der Waals surface area contributed by atoms with E-state index >= 15 is 0 Å². The molecule has 2 aromatic carbocycles. The first-order chi connectivity index (χ1) is 16.7. The number of ether oxygens (including phenoxy) is 1. The molecule has 3 heterocycles. The van der Waals surface area contributed by atoms with Crippen LogP contribution in [-0.2, 0) is 6.42 Å². The molecule has 2 aliphatic heterocycles. The predicted molar refractivity (Wildman–Crippen MR) is 140 cm³/mol. The number of nitrogens with one attached hydrogen (secondary N) is 2. The first-order valence-corrected chi connectivity index (χ1v) is 13.6. The Morgan fingerprint density at radius 1 is 1.15 bits per heavy atom. The molecule has 5 nitrogen and oxygen atoms in total. The van der Waals surface area contributed by atoms with Crippen LogP contribution < -0.4 is 10.1 Å². The number of amides is 1. The van der Waals surface area contributed by atoms with E-state index in [1.807, 2.05) is 54.4 Å². The highest BCUT2D eigenvalue weighted by atomic mass is 32.2. The van der Waals surface area contributed by atoms with E-state index in [1.54, 1.807) is 7.11 Å². The van der Waals surface area contributed by atoms with Gasteiger partial charge < -0.3 is 19.9 Å². The van der Waals surface area contributed by atoms with Crippen molar-refractivity contribution in [1.29, 1.82) is 0 Å². The van der Waals surface area contributed by atoms with Gasteiger partial charge >= 0.3 is 0 Å². The molecule has 0 spiro atoms. The van der Waals surface area contributed by atoms with Gasteiger partial charge in [-0.2, -0.15) is 0 Å². The summed E-state index contributed by atoms with van der Waals surface area (Å²) in [6, 6.07) is 14.9. The van der Waals surface area contributed by atoms with Gasteiger partial charge in [0.05, 0.1) is 12.7 Å². The summed E-state index contributed by atoms with van der Waals surface area (Å²) in [6.45, 7) is 3.14. The first-order valence-electron chi connectivity index (χ1n) is 12.6. The number of H-pyrrole nitrogens is 1. The van der Waals surface area contributed by atoms with Crippen LogP contribution in [0, 0.1) is 5.92 Å². The lowest BCUT2D eigenvalue weighted by atomic mass is 9.85. The van der Waals surface area contributed by atoms with Gasteiger partial charge in [-0.15, -0.1) is 11.8 Å². The summed E-state index contributed by atoms with van der Waals surface area (Å²) < 4.78 is 5.37. The third-order valence-electron chi connectivity index (χ3n) is 7.47. The van der Waals surface area contributed by atoms with E-state index in [4.69, 9.17) is 4.74 Å². The molecule has 2 atom stereocenters. The molecule has 2 saturated heterocycles. The standard InChI is InChI=1S/C28H35N3O2S/c1-33-22-11-12-25-24(17-22)20(18-30-25)13-14-29-28(32)23-8-2-3-10-27(23)34-19-21-7-6-16-31-15-5-4-9-26(21)31/h2-3,8,10-12,17-18,21,26,30H,4-7,9,13-16,19H2,1H3,(H,29,32)/t21-,26+/m1/s1. The molecule has 2 aliphatic rings. The van der Waals surface area contributed by atoms with Crippen LogP contribution >= 0.6 is 11.8 Å². The Morgan fingerprint density at radius 3 is 2.94 bits per heavy atom. The molecule has 0 radical (unpaired) electrons. The summed E-state index contributed by atoms with van der Waals surface area (Å²) in [5.74, 6) is 2.69. The second-order valence-corrected chi connectivity index (χ2v) is 10.6. The number of thioether (sulfide) groups is 1. The van der Waals surface area contributed by atoms with Crippen LogP contribution in [0.4, 0.5) is 0 Å². The van der Waals surface area contributed by atoms with Crippen molar-refractivity contribution in [3.05, 3.63) is 59.8 Å². The minimum atomic E-state index is 0.0171. The number of hydrogen-bond acceptors (Lipinski definition) is 4. The topological polar surface area (TPSA) is 57.4 Å². The summed E-state index contributed by atoms with van der Waals surface area (Å²) in [5, 5.41) is 4.30. The fraction of sp³-hybridized carbons (Fsp3) is 0.464. The molecule has 180 valence electrons. The van der Waals surface area contributed by atoms with Crippen molar-refractivity contribution in [3.8, 4) is 5.75 Å². The van der Waals surface area contributed by atoms with Crippen molar-refractivity contribution in [2.45, 2.75) is 49.5 Å². The zero-order chi connectivity index (χ0) is 23.3. The minimum Gasteiger partial charge on any atom is -0.497 e. The van der Waals surface area contributed by atoms with Crippen molar-refractivity contribution in [3.63, 3.8) is 0 Å². The lowest BCUT2D eigenvalue weighted by Crippen LogP contribution is -2.48. The molecule has 6 heteroatoms. The van der Waals surface area contributed by atoms with Crippen LogP contribution in [0.15, 0.2) is 53.6 Å². The number of aromatic nitrogens is 1. The number of fused-ring (bicyclic) bond motifs is 2. The van der Waals surface area contributed by atoms with Gasteiger partial charge in [0, 0.05) is 40.3 Å². The lowest BCUT2D eigenvalue weighted by molar-refractivity contribution is 0.0693. The van der Waals surface area contributed by atoms with Crippen molar-refractivity contribution in [2.24, 2.45) is 5.92 Å². The Bertz CT molecular complexity index is 1130. The van der Waals surface area contributed by atoms with Crippen LogP contribution in [0.3, 0.4) is 0 Å². The zero-order valence-electron chi connectivity index (χ0n) is 20.0. The predicted octanol–water partition coefficient (Wildman–Crippen LogP) is 5.51. The molecule has 0 saturated carbocycles. The van der Waals surface area contributed by atoms with Crippen LogP contribution in [0.2, 0.25) is 0 Å². The van der Waals surface area contributed by atoms with Gasteiger partial charge in [-0.3, -0.25) is 4.79 Å². The summed E-state index contributed by atoms with van der Waals surface area (Å²) in [4.78, 5) is 20.2. The maximum atomic E-state index is 13.1. The number of aromatic amines is 1. The number of methoxy groups -OCH3 is 1. The minimum absolute atomic E-state index is 0.0171. The molecule has 0 aliphatic carbocycles. The molecular weight excluding hydrogens is 442 g/mol. The molecule has 1 amide bonds. The molecule has 5 rings (SSSR count). The molecule has 2 fully saturated rings. The van der Waals surface area contributed by atoms with Gasteiger partial charge in [-0.1, -0.05) is 18.6 Å². The fourth-order valence-corrected chi connectivity index (χ4v) is 6.92. The lowest BCUT2D eigenvalue weighted by Gasteiger charge is -2.44. The largest absolute Gasteiger partial charge is 0.497 e. The number of rotatable bonds is 8. The van der Waals surface area contributed by atoms with Crippen molar-refractivity contribution in [2.75, 3.05) is 32.5 Å². The Balaban J connectivity index is 1.19. The molecule has 2 N–H and O–H groups in total. The van der Waals surface area contributed by atoms with E-state index in [2.05, 4.69) is 21.3 Å². The number of carbonyl (C=O) groups excluding carboxylic acids is 1. The third-order valence-corrected chi connectivity index (χ3v) is 8.73. The summed E-state index contributed by atoms with van der Waals surface area (Å²) in [5.41, 5.74) is 3.07. The highest BCUT2D eigenvalue weighted by Gasteiger charge is 2.33. The SMILES string of the molecule is COc1ccc2[nH]cc(CCNC(=O)c3ccccc3SC[C@H]3CCCN4CCCC[C@@H]34)c2c1. The van der Waals surface area contributed by atoms with Gasteiger partial charge in [0.2, 0.25) is 0 Å². The zero-order valence-corrected chi connectivity index (χ0v) is 20.8. The first kappa shape index (κ1) is 23.3. The van der Waals surface area contributed by atoms with E-state index in [1.165, 1.54) is 50.8 Å². The van der Waals surface area contributed by atoms with Gasteiger partial charge in [0.15, 0.2) is 0 Å². The van der Waals surface area contributed by atoms with Gasteiger partial charge in [0.25, 0.3) is 5.91 Å². The Labute approximate surface area is 206 Å². The van der Waals surface area contributed by atoms with Crippen LogP contribution in [0.25, 0.3) is 10.9 Å². The van der Waals surface area contributed by atoms with E-state index in [9.17, 15) is 4.79 Å². The average Bonchev–Trinajstić information content (AvgIpc) is 3.29. The van der Waals surface area contributed by atoms with Gasteiger partial charge in [-0.05, 0) is 87.0 Å². The van der Waals surface area contributed by atoms with E-state index < -0.39 is 0 Å². The Morgan fingerprint density at radius 2 is 2.03 bits per heavy atom. The Kier molecular flexibility index (Phi) is 7.45. The molecule has 3 aromatic rings. The molecule has 34 heavy (non-hydrogen) atoms. The maximum Gasteiger partial charge on any atom is 0.252 e. The quantitative estimate of drug-likeness (QED) is 0.420. The van der Waals surface area contributed by atoms with Crippen LogP contribution in [0.1, 0.15) is 48.0 Å². The van der Waals surface area contributed by atoms with E-state index in [0.717, 1.165) is 51.2 Å². The number of carbonyl (C=O) groups is 1. The number of benzene rings is 2. The van der Waals surface area contributed by atoms with Crippen molar-refractivity contribution in [1.82, 2.24) is 15.2 Å². The number of nitrogens with zero attached hydrogens (tertiary/aromatic N) is 1. The van der Waals surface area contributed by atoms with Gasteiger partial charge in [-0.25, -0.2) is 0 Å². The second kappa shape index (κ2) is 10.9. The molecular formula is C28H35N3O2S. The van der Waals surface area contributed by atoms with Crippen molar-refractivity contribution >= 4 is 28.6 Å². The summed E-state index contributed by atoms with van der Waals surface area (Å²) in [6.07, 6.45) is 9.48. The van der Waals surface area contributed by atoms with Crippen LogP contribution in [-0.4, -0.2) is 54.3 Å². The monoisotopic (exact) mass is 477 g/mol. The third kappa shape index (κ3) is 5.13. The summed E-state index contributed by atoms with van der Waals surface area (Å²) in [7, 11) is 1.68. The number of piperidine rings is 2. The van der Waals surface area contributed by atoms with E-state index in [-0.39, 0.29) is 5.91 Å². The second-order valence-electron chi connectivity index (χ2n) is 9.54. The molecule has 0 bridgehead atoms. The molecule has 0 unspecified atom stereocenters. The normalized spacial score (nSPS) is 20.7. The van der Waals surface area contributed by atoms with Crippen LogP contribution in [0.5, 0.6) is 5.75 Å².